The van der Waals surface area contributed by atoms with E-state index in [1.165, 1.54) is 12.5 Å². The van der Waals surface area contributed by atoms with Crippen LogP contribution in [0.2, 0.25) is 0 Å². The number of piperidine rings is 1. The van der Waals surface area contributed by atoms with E-state index < -0.39 is 0 Å². The van der Waals surface area contributed by atoms with E-state index in [-0.39, 0.29) is 5.91 Å². The maximum Gasteiger partial charge on any atom is 0.257 e. The third-order valence-corrected chi connectivity index (χ3v) is 4.62. The number of aromatic amines is 1. The highest BCUT2D eigenvalue weighted by atomic mass is 16.3. The van der Waals surface area contributed by atoms with Crippen LogP contribution in [0.15, 0.2) is 47.5 Å². The second-order valence-electron chi connectivity index (χ2n) is 6.29. The molecule has 1 amide bonds. The summed E-state index contributed by atoms with van der Waals surface area (Å²) in [4.78, 5) is 22.8. The van der Waals surface area contributed by atoms with Crippen molar-refractivity contribution >= 4 is 5.91 Å². The Bertz CT molecular complexity index is 820. The molecule has 0 radical (unpaired) electrons. The quantitative estimate of drug-likeness (QED) is 0.790. The van der Waals surface area contributed by atoms with Crippen LogP contribution in [0.4, 0.5) is 0 Å². The molecule has 1 N–H and O–H groups in total. The predicted molar refractivity (Wildman–Crippen MR) is 90.7 cm³/mol. The molecule has 1 fully saturated rings. The monoisotopic (exact) mass is 337 g/mol. The molecule has 0 atom stereocenters. The molecule has 0 aliphatic carbocycles. The first kappa shape index (κ1) is 15.6. The van der Waals surface area contributed by atoms with Gasteiger partial charge in [-0.15, -0.1) is 0 Å². The fraction of sp³-hybridized carbons (Fsp3) is 0.333. The molecule has 0 spiro atoms. The molecule has 1 aliphatic heterocycles. The largest absolute Gasteiger partial charge is 0.472 e. The molecule has 0 bridgehead atoms. The summed E-state index contributed by atoms with van der Waals surface area (Å²) >= 11 is 0. The summed E-state index contributed by atoms with van der Waals surface area (Å²) < 4.78 is 4.99. The molecule has 0 aromatic carbocycles. The predicted octanol–water partition coefficient (Wildman–Crippen LogP) is 2.55. The molecule has 7 nitrogen and oxygen atoms in total. The number of H-pyrrole nitrogens is 1. The molecule has 3 aromatic heterocycles. The summed E-state index contributed by atoms with van der Waals surface area (Å²) in [7, 11) is 0. The fourth-order valence-corrected chi connectivity index (χ4v) is 3.20. The van der Waals surface area contributed by atoms with Crippen LogP contribution >= 0.6 is 0 Å². The number of nitrogens with zero attached hydrogens (tertiary/aromatic N) is 4. The Morgan fingerprint density at radius 2 is 2.04 bits per heavy atom. The minimum atomic E-state index is 0.0480. The van der Waals surface area contributed by atoms with Gasteiger partial charge in [0.25, 0.3) is 5.91 Å². The normalized spacial score (nSPS) is 15.4. The summed E-state index contributed by atoms with van der Waals surface area (Å²) in [5.74, 6) is 2.15. The van der Waals surface area contributed by atoms with Gasteiger partial charge in [0.15, 0.2) is 5.82 Å². The fourth-order valence-electron chi connectivity index (χ4n) is 3.20. The Morgan fingerprint density at radius 1 is 1.24 bits per heavy atom. The van der Waals surface area contributed by atoms with E-state index >= 15 is 0 Å². The molecule has 1 aliphatic rings. The molecule has 0 saturated carbocycles. The van der Waals surface area contributed by atoms with E-state index in [2.05, 4.69) is 20.2 Å². The maximum absolute atomic E-state index is 12.3. The molecular weight excluding hydrogens is 318 g/mol. The van der Waals surface area contributed by atoms with Crippen LogP contribution in [0.3, 0.4) is 0 Å². The van der Waals surface area contributed by atoms with Crippen molar-refractivity contribution in [3.8, 4) is 11.4 Å². The molecule has 3 aromatic rings. The van der Waals surface area contributed by atoms with Crippen LogP contribution < -0.4 is 0 Å². The Kier molecular flexibility index (Phi) is 4.28. The molecule has 128 valence electrons. The number of likely N-dealkylation sites (tertiary alicyclic amines) is 1. The Hall–Kier alpha value is -2.96. The van der Waals surface area contributed by atoms with E-state index in [4.69, 9.17) is 4.42 Å². The summed E-state index contributed by atoms with van der Waals surface area (Å²) in [6, 6.07) is 5.50. The van der Waals surface area contributed by atoms with Crippen molar-refractivity contribution in [2.45, 2.75) is 19.3 Å². The van der Waals surface area contributed by atoms with Gasteiger partial charge in [-0.05, 0) is 37.0 Å². The molecule has 1 saturated heterocycles. The van der Waals surface area contributed by atoms with Gasteiger partial charge < -0.3 is 9.32 Å². The highest BCUT2D eigenvalue weighted by Crippen LogP contribution is 2.23. The third kappa shape index (κ3) is 3.45. The van der Waals surface area contributed by atoms with Gasteiger partial charge in [0, 0.05) is 37.5 Å². The standard InChI is InChI=1S/C18H19N5O2/c24-18(15-5-10-25-12-15)23-8-3-13(4-9-23)11-16-20-17(22-21-16)14-1-6-19-7-2-14/h1-2,5-7,10,12-13H,3-4,8-9,11H2,(H,20,21,22). The van der Waals surface area contributed by atoms with Crippen LogP contribution in [0.25, 0.3) is 11.4 Å². The average molecular weight is 337 g/mol. The molecular formula is C18H19N5O2. The second kappa shape index (κ2) is 6.88. The summed E-state index contributed by atoms with van der Waals surface area (Å²) in [6.45, 7) is 1.53. The Labute approximate surface area is 145 Å². The number of nitrogens with one attached hydrogen (secondary N) is 1. The minimum Gasteiger partial charge on any atom is -0.472 e. The molecule has 0 unspecified atom stereocenters. The molecule has 7 heteroatoms. The zero-order chi connectivity index (χ0) is 17.1. The van der Waals surface area contributed by atoms with Gasteiger partial charge in [0.05, 0.1) is 11.8 Å². The number of rotatable bonds is 4. The lowest BCUT2D eigenvalue weighted by atomic mass is 9.93. The number of carbonyl (C=O) groups is 1. The van der Waals surface area contributed by atoms with Crippen LogP contribution in [0, 0.1) is 5.92 Å². The van der Waals surface area contributed by atoms with Gasteiger partial charge in [0.1, 0.15) is 12.1 Å². The third-order valence-electron chi connectivity index (χ3n) is 4.62. The van der Waals surface area contributed by atoms with E-state index in [1.807, 2.05) is 17.0 Å². The highest BCUT2D eigenvalue weighted by Gasteiger charge is 2.25. The van der Waals surface area contributed by atoms with Crippen molar-refractivity contribution in [1.29, 1.82) is 0 Å². The number of aromatic nitrogens is 4. The Morgan fingerprint density at radius 3 is 2.76 bits per heavy atom. The van der Waals surface area contributed by atoms with Crippen LogP contribution in [-0.4, -0.2) is 44.1 Å². The van der Waals surface area contributed by atoms with Gasteiger partial charge in [0.2, 0.25) is 0 Å². The minimum absolute atomic E-state index is 0.0480. The highest BCUT2D eigenvalue weighted by molar-refractivity contribution is 5.93. The summed E-state index contributed by atoms with van der Waals surface area (Å²) in [6.07, 6.45) is 9.29. The lowest BCUT2D eigenvalue weighted by molar-refractivity contribution is 0.0689. The number of furan rings is 1. The van der Waals surface area contributed by atoms with E-state index in [0.717, 1.165) is 43.7 Å². The van der Waals surface area contributed by atoms with Gasteiger partial charge in [-0.3, -0.25) is 14.9 Å². The molecule has 4 rings (SSSR count). The summed E-state index contributed by atoms with van der Waals surface area (Å²) in [5, 5.41) is 7.32. The number of carbonyl (C=O) groups excluding carboxylic acids is 1. The first-order valence-corrected chi connectivity index (χ1v) is 8.43. The van der Waals surface area contributed by atoms with Gasteiger partial charge in [-0.2, -0.15) is 5.10 Å². The van der Waals surface area contributed by atoms with Crippen molar-refractivity contribution in [1.82, 2.24) is 25.1 Å². The maximum atomic E-state index is 12.3. The Balaban J connectivity index is 1.33. The lowest BCUT2D eigenvalue weighted by Crippen LogP contribution is -2.38. The molecule has 25 heavy (non-hydrogen) atoms. The van der Waals surface area contributed by atoms with Gasteiger partial charge in [-0.1, -0.05) is 0 Å². The first-order valence-electron chi connectivity index (χ1n) is 8.43. The average Bonchev–Trinajstić information content (AvgIpc) is 3.35. The lowest BCUT2D eigenvalue weighted by Gasteiger charge is -2.31. The van der Waals surface area contributed by atoms with Gasteiger partial charge >= 0.3 is 0 Å². The zero-order valence-corrected chi connectivity index (χ0v) is 13.8. The van der Waals surface area contributed by atoms with Crippen molar-refractivity contribution < 1.29 is 9.21 Å². The zero-order valence-electron chi connectivity index (χ0n) is 13.8. The SMILES string of the molecule is O=C(c1ccoc1)N1CCC(Cc2nc(-c3ccncc3)n[nH]2)CC1. The van der Waals surface area contributed by atoms with Gasteiger partial charge in [-0.25, -0.2) is 4.98 Å². The van der Waals surface area contributed by atoms with Crippen molar-refractivity contribution in [2.75, 3.05) is 13.1 Å². The number of hydrogen-bond donors (Lipinski definition) is 1. The number of amides is 1. The molecule has 4 heterocycles. The van der Waals surface area contributed by atoms with Crippen LogP contribution in [0.1, 0.15) is 29.0 Å². The topological polar surface area (TPSA) is 87.9 Å². The van der Waals surface area contributed by atoms with Crippen molar-refractivity contribution in [3.05, 3.63) is 54.5 Å². The number of pyridine rings is 1. The van der Waals surface area contributed by atoms with Crippen LogP contribution in [-0.2, 0) is 6.42 Å². The van der Waals surface area contributed by atoms with E-state index in [9.17, 15) is 4.79 Å². The smallest absolute Gasteiger partial charge is 0.257 e. The van der Waals surface area contributed by atoms with E-state index in [1.54, 1.807) is 18.5 Å². The first-order chi connectivity index (χ1) is 12.3. The van der Waals surface area contributed by atoms with Crippen molar-refractivity contribution in [3.63, 3.8) is 0 Å². The number of hydrogen-bond acceptors (Lipinski definition) is 5. The van der Waals surface area contributed by atoms with Crippen molar-refractivity contribution in [2.24, 2.45) is 5.92 Å². The second-order valence-corrected chi connectivity index (χ2v) is 6.29. The van der Waals surface area contributed by atoms with E-state index in [0.29, 0.717) is 17.3 Å². The van der Waals surface area contributed by atoms with Crippen LogP contribution in [0.5, 0.6) is 0 Å². The summed E-state index contributed by atoms with van der Waals surface area (Å²) in [5.41, 5.74) is 1.58.